The van der Waals surface area contributed by atoms with Gasteiger partial charge in [0.25, 0.3) is 5.91 Å². The number of rotatable bonds is 9. The minimum Gasteiger partial charge on any atom is -0.507 e. The zero-order valence-corrected chi connectivity index (χ0v) is 30.3. The molecule has 0 aromatic heterocycles. The second kappa shape index (κ2) is 13.0. The van der Waals surface area contributed by atoms with Crippen molar-refractivity contribution in [2.24, 2.45) is 0 Å². The molecule has 8 heteroatoms. The van der Waals surface area contributed by atoms with Gasteiger partial charge in [-0.15, -0.1) is 23.5 Å². The maximum atomic E-state index is 12.3. The van der Waals surface area contributed by atoms with Crippen LogP contribution in [0.15, 0.2) is 34.1 Å². The number of phenolic OH excluding ortho intramolecular Hbond substituents is 1. The highest BCUT2D eigenvalue weighted by Gasteiger charge is 2.32. The molecule has 3 N–H and O–H groups in total. The Morgan fingerprint density at radius 1 is 0.674 bits per heavy atom. The van der Waals surface area contributed by atoms with Crippen LogP contribution in [0.2, 0.25) is 0 Å². The van der Waals surface area contributed by atoms with E-state index >= 15 is 0 Å². The van der Waals surface area contributed by atoms with Gasteiger partial charge in [-0.25, -0.2) is 0 Å². The monoisotopic (exact) mass is 631 g/mol. The highest BCUT2D eigenvalue weighted by Crippen LogP contribution is 2.51. The average molecular weight is 632 g/mol. The van der Waals surface area contributed by atoms with Gasteiger partial charge in [-0.05, 0) is 59.8 Å². The van der Waals surface area contributed by atoms with Crippen molar-refractivity contribution in [3.8, 4) is 11.5 Å². The van der Waals surface area contributed by atoms with Gasteiger partial charge in [0, 0.05) is 32.0 Å². The molecule has 1 amide bonds. The van der Waals surface area contributed by atoms with Crippen LogP contribution in [0.5, 0.6) is 11.5 Å². The first-order chi connectivity index (χ1) is 19.2. The van der Waals surface area contributed by atoms with Crippen LogP contribution in [0.25, 0.3) is 0 Å². The Labute approximate surface area is 268 Å². The first-order valence-corrected chi connectivity index (χ1v) is 16.4. The molecule has 0 aliphatic rings. The molecule has 43 heavy (non-hydrogen) atoms. The molecule has 0 saturated carbocycles. The van der Waals surface area contributed by atoms with Crippen LogP contribution in [0, 0.1) is 0 Å². The largest absolute Gasteiger partial charge is 0.507 e. The van der Waals surface area contributed by atoms with Crippen LogP contribution < -0.4 is 10.1 Å². The Morgan fingerprint density at radius 2 is 1.02 bits per heavy atom. The molecule has 0 atom stereocenters. The molecule has 2 aromatic carbocycles. The minimum atomic E-state index is -1.10. The van der Waals surface area contributed by atoms with Crippen molar-refractivity contribution >= 4 is 35.4 Å². The summed E-state index contributed by atoms with van der Waals surface area (Å²) in [5.41, 5.74) is 2.90. The van der Waals surface area contributed by atoms with Crippen LogP contribution >= 0.6 is 23.5 Å². The molecule has 0 heterocycles. The van der Waals surface area contributed by atoms with E-state index < -0.39 is 18.4 Å². The Balaban J connectivity index is 2.56. The molecule has 0 fully saturated rings. The molecule has 2 rings (SSSR count). The van der Waals surface area contributed by atoms with E-state index in [9.17, 15) is 14.7 Å². The molecule has 0 aliphatic carbocycles. The number of carboxylic acids is 1. The first kappa shape index (κ1) is 36.9. The molecule has 0 unspecified atom stereocenters. The summed E-state index contributed by atoms with van der Waals surface area (Å²) >= 11 is 3.56. The van der Waals surface area contributed by atoms with Crippen molar-refractivity contribution in [3.05, 3.63) is 46.5 Å². The van der Waals surface area contributed by atoms with Gasteiger partial charge in [0.15, 0.2) is 6.61 Å². The Hall–Kier alpha value is -2.32. The maximum absolute atomic E-state index is 12.3. The van der Waals surface area contributed by atoms with Crippen molar-refractivity contribution in [2.45, 2.75) is 132 Å². The van der Waals surface area contributed by atoms with Crippen LogP contribution in [-0.4, -0.2) is 39.3 Å². The number of hydrogen-bond donors (Lipinski definition) is 3. The topological polar surface area (TPSA) is 95.9 Å². The van der Waals surface area contributed by atoms with E-state index in [1.807, 2.05) is 0 Å². The van der Waals surface area contributed by atoms with E-state index in [0.717, 1.165) is 32.0 Å². The van der Waals surface area contributed by atoms with Crippen LogP contribution in [0.1, 0.15) is 119 Å². The van der Waals surface area contributed by atoms with Gasteiger partial charge < -0.3 is 20.3 Å². The van der Waals surface area contributed by atoms with E-state index in [1.165, 1.54) is 0 Å². The minimum absolute atomic E-state index is 0.207. The highest BCUT2D eigenvalue weighted by atomic mass is 32.2. The van der Waals surface area contributed by atoms with Gasteiger partial charge in [-0.1, -0.05) is 83.1 Å². The molecule has 240 valence electrons. The van der Waals surface area contributed by atoms with Gasteiger partial charge >= 0.3 is 5.97 Å². The summed E-state index contributed by atoms with van der Waals surface area (Å²) in [6.07, 6.45) is 0. The zero-order chi connectivity index (χ0) is 33.3. The smallest absolute Gasteiger partial charge is 0.322 e. The number of aliphatic carboxylic acids is 1. The van der Waals surface area contributed by atoms with Gasteiger partial charge in [0.05, 0.1) is 4.08 Å². The molecule has 6 nitrogen and oxygen atoms in total. The third-order valence-electron chi connectivity index (χ3n) is 6.89. The molecule has 0 bridgehead atoms. The average Bonchev–Trinajstić information content (AvgIpc) is 2.79. The fourth-order valence-electron chi connectivity index (χ4n) is 4.69. The number of hydrogen-bond acceptors (Lipinski definition) is 6. The van der Waals surface area contributed by atoms with Crippen molar-refractivity contribution in [3.63, 3.8) is 0 Å². The predicted molar refractivity (Wildman–Crippen MR) is 181 cm³/mol. The van der Waals surface area contributed by atoms with E-state index in [0.29, 0.717) is 11.5 Å². The number of thioether (sulfide) groups is 2. The van der Waals surface area contributed by atoms with Gasteiger partial charge in [-0.2, -0.15) is 0 Å². The lowest BCUT2D eigenvalue weighted by molar-refractivity contribution is -0.138. The fraction of sp³-hybridized carbons (Fsp3) is 0.600. The predicted octanol–water partition coefficient (Wildman–Crippen LogP) is 8.78. The van der Waals surface area contributed by atoms with Crippen molar-refractivity contribution in [2.75, 3.05) is 13.2 Å². The normalized spacial score (nSPS) is 13.2. The summed E-state index contributed by atoms with van der Waals surface area (Å²) in [4.78, 5) is 25.4. The van der Waals surface area contributed by atoms with Crippen molar-refractivity contribution in [1.29, 1.82) is 0 Å². The molecule has 0 spiro atoms. The maximum Gasteiger partial charge on any atom is 0.322 e. The number of amides is 1. The fourth-order valence-corrected chi connectivity index (χ4v) is 7.28. The Kier molecular flexibility index (Phi) is 11.1. The summed E-state index contributed by atoms with van der Waals surface area (Å²) in [5, 5.41) is 22.5. The van der Waals surface area contributed by atoms with Gasteiger partial charge in [-0.3, -0.25) is 9.59 Å². The van der Waals surface area contributed by atoms with E-state index in [4.69, 9.17) is 9.84 Å². The Bertz CT molecular complexity index is 1270. The quantitative estimate of drug-likeness (QED) is 0.188. The number of carboxylic acid groups (broad SMARTS) is 1. The van der Waals surface area contributed by atoms with Crippen LogP contribution in [-0.2, 0) is 31.2 Å². The second-order valence-corrected chi connectivity index (χ2v) is 19.4. The summed E-state index contributed by atoms with van der Waals surface area (Å²) in [7, 11) is 0. The number of nitrogens with one attached hydrogen (secondary N) is 1. The first-order valence-electron chi connectivity index (χ1n) is 14.8. The summed E-state index contributed by atoms with van der Waals surface area (Å²) in [6.45, 7) is 29.2. The number of ether oxygens (including phenoxy) is 1. The highest BCUT2D eigenvalue weighted by molar-refractivity contribution is 8.18. The molecule has 0 radical (unpaired) electrons. The lowest BCUT2D eigenvalue weighted by Gasteiger charge is -2.32. The van der Waals surface area contributed by atoms with E-state index in [2.05, 4.69) is 127 Å². The number of carbonyl (C=O) groups excluding carboxylic acids is 1. The molecular weight excluding hydrogens is 579 g/mol. The van der Waals surface area contributed by atoms with E-state index in [1.54, 1.807) is 23.5 Å². The lowest BCUT2D eigenvalue weighted by Crippen LogP contribution is -2.34. The Morgan fingerprint density at radius 3 is 1.35 bits per heavy atom. The SMILES string of the molecule is CC(C)(Sc1cc(C(C)(C)C)c(O)c(C(C)(C)C)c1)Sc1cc(C(C)(C)C)c(OCC(=O)NCC(=O)O)c(C(C)(C)C)c1. The van der Waals surface area contributed by atoms with E-state index in [-0.39, 0.29) is 32.3 Å². The molecule has 2 aromatic rings. The number of benzene rings is 2. The zero-order valence-electron chi connectivity index (χ0n) is 28.7. The third kappa shape index (κ3) is 10.4. The van der Waals surface area contributed by atoms with Crippen molar-refractivity contribution in [1.82, 2.24) is 5.32 Å². The lowest BCUT2D eigenvalue weighted by atomic mass is 9.79. The molecular formula is C35H53NO5S2. The second-order valence-electron chi connectivity index (χ2n) is 15.8. The number of aromatic hydroxyl groups is 1. The number of phenols is 1. The molecule has 0 saturated heterocycles. The van der Waals surface area contributed by atoms with Crippen molar-refractivity contribution < 1.29 is 24.5 Å². The summed E-state index contributed by atoms with van der Waals surface area (Å²) in [6, 6.07) is 8.57. The molecule has 0 aliphatic heterocycles. The van der Waals surface area contributed by atoms with Crippen LogP contribution in [0.4, 0.5) is 0 Å². The third-order valence-corrected chi connectivity index (χ3v) is 9.32. The summed E-state index contributed by atoms with van der Waals surface area (Å²) in [5.74, 6) is -0.524. The van der Waals surface area contributed by atoms with Gasteiger partial charge in [0.2, 0.25) is 0 Å². The van der Waals surface area contributed by atoms with Gasteiger partial charge in [0.1, 0.15) is 18.0 Å². The summed E-state index contributed by atoms with van der Waals surface area (Å²) < 4.78 is 5.90. The van der Waals surface area contributed by atoms with Crippen LogP contribution in [0.3, 0.4) is 0 Å². The standard InChI is InChI=1S/C35H53NO5S2/c1-31(2,3)23-15-21(16-24(29(23)40)32(4,5)6)42-35(13,14)43-22-17-25(33(7,8)9)30(26(18-22)34(10,11)12)41-20-27(37)36-19-28(38)39/h15-18,40H,19-20H2,1-14H3,(H,36,37)(H,38,39). The number of carbonyl (C=O) groups is 2.